The smallest absolute Gasteiger partial charge is 0.132 e. The van der Waals surface area contributed by atoms with Gasteiger partial charge in [-0.3, -0.25) is 5.10 Å². The van der Waals surface area contributed by atoms with E-state index in [1.54, 1.807) is 6.07 Å². The fourth-order valence-corrected chi connectivity index (χ4v) is 1.93. The van der Waals surface area contributed by atoms with Crippen LogP contribution in [0.3, 0.4) is 0 Å². The molecule has 0 aliphatic heterocycles. The van der Waals surface area contributed by atoms with Crippen LogP contribution < -0.4 is 5.73 Å². The van der Waals surface area contributed by atoms with E-state index >= 15 is 0 Å². The number of benzene rings is 1. The van der Waals surface area contributed by atoms with Gasteiger partial charge in [0.2, 0.25) is 0 Å². The van der Waals surface area contributed by atoms with Crippen molar-refractivity contribution in [2.24, 2.45) is 0 Å². The van der Waals surface area contributed by atoms with Crippen LogP contribution in [0.5, 0.6) is 0 Å². The number of aromatic amines is 1. The van der Waals surface area contributed by atoms with Crippen molar-refractivity contribution in [2.75, 3.05) is 5.73 Å². The summed E-state index contributed by atoms with van der Waals surface area (Å²) in [6.45, 7) is 1.89. The van der Waals surface area contributed by atoms with Gasteiger partial charge in [-0.2, -0.15) is 5.10 Å². The fourth-order valence-electron chi connectivity index (χ4n) is 1.40. The third kappa shape index (κ3) is 1.63. The van der Waals surface area contributed by atoms with E-state index in [4.69, 9.17) is 5.73 Å². The number of H-pyrrole nitrogens is 1. The summed E-state index contributed by atoms with van der Waals surface area (Å²) >= 11 is 3.35. The average molecular weight is 270 g/mol. The Bertz CT molecular complexity index is 507. The van der Waals surface area contributed by atoms with Crippen LogP contribution in [0, 0.1) is 12.7 Å². The normalized spacial score (nSPS) is 10.6. The highest BCUT2D eigenvalue weighted by atomic mass is 79.9. The van der Waals surface area contributed by atoms with Crippen LogP contribution in [0.4, 0.5) is 10.2 Å². The number of halogens is 2. The van der Waals surface area contributed by atoms with Gasteiger partial charge in [-0.05, 0) is 34.5 Å². The Morgan fingerprint density at radius 2 is 2.20 bits per heavy atom. The predicted octanol–water partition coefficient (Wildman–Crippen LogP) is 2.87. The molecule has 3 N–H and O–H groups in total. The first-order chi connectivity index (χ1) is 7.11. The van der Waals surface area contributed by atoms with E-state index in [0.717, 1.165) is 5.56 Å². The largest absolute Gasteiger partial charge is 0.384 e. The van der Waals surface area contributed by atoms with E-state index in [9.17, 15) is 4.39 Å². The van der Waals surface area contributed by atoms with Gasteiger partial charge in [-0.15, -0.1) is 0 Å². The van der Waals surface area contributed by atoms with Gasteiger partial charge in [0.25, 0.3) is 0 Å². The number of nitrogen functional groups attached to an aromatic ring is 1. The summed E-state index contributed by atoms with van der Waals surface area (Å²) in [5, 5.41) is 6.35. The van der Waals surface area contributed by atoms with Crippen molar-refractivity contribution >= 4 is 21.7 Å². The first-order valence-corrected chi connectivity index (χ1v) is 5.14. The van der Waals surface area contributed by atoms with Crippen molar-refractivity contribution in [3.05, 3.63) is 34.2 Å². The molecule has 0 spiro atoms. The van der Waals surface area contributed by atoms with E-state index in [-0.39, 0.29) is 5.82 Å². The van der Waals surface area contributed by atoms with Crippen molar-refractivity contribution in [3.8, 4) is 11.1 Å². The second-order valence-electron chi connectivity index (χ2n) is 3.25. The predicted molar refractivity (Wildman–Crippen MR) is 60.8 cm³/mol. The Balaban J connectivity index is 2.72. The lowest BCUT2D eigenvalue weighted by atomic mass is 10.1. The minimum atomic E-state index is -0.319. The molecule has 3 nitrogen and oxygen atoms in total. The molecule has 0 fully saturated rings. The quantitative estimate of drug-likeness (QED) is 0.837. The zero-order valence-electron chi connectivity index (χ0n) is 8.01. The molecule has 0 saturated carbocycles. The first-order valence-electron chi connectivity index (χ1n) is 4.35. The Labute approximate surface area is 94.6 Å². The van der Waals surface area contributed by atoms with E-state index in [1.807, 2.05) is 6.92 Å². The van der Waals surface area contributed by atoms with Crippen molar-refractivity contribution in [1.82, 2.24) is 10.2 Å². The number of hydrogen-bond acceptors (Lipinski definition) is 2. The van der Waals surface area contributed by atoms with Crippen LogP contribution >= 0.6 is 15.9 Å². The summed E-state index contributed by atoms with van der Waals surface area (Å²) in [5.41, 5.74) is 7.62. The SMILES string of the molecule is Cc1ccc(F)c(-c2cn[nH]c2N)c1Br. The second-order valence-corrected chi connectivity index (χ2v) is 4.04. The Kier molecular flexibility index (Phi) is 2.48. The zero-order valence-corrected chi connectivity index (χ0v) is 9.60. The Morgan fingerprint density at radius 3 is 2.80 bits per heavy atom. The van der Waals surface area contributed by atoms with Gasteiger partial charge in [0.15, 0.2) is 0 Å². The number of rotatable bonds is 1. The van der Waals surface area contributed by atoms with Crippen LogP contribution in [-0.4, -0.2) is 10.2 Å². The van der Waals surface area contributed by atoms with Crippen molar-refractivity contribution < 1.29 is 4.39 Å². The van der Waals surface area contributed by atoms with Gasteiger partial charge in [0, 0.05) is 15.6 Å². The number of nitrogens with zero attached hydrogens (tertiary/aromatic N) is 1. The highest BCUT2D eigenvalue weighted by Crippen LogP contribution is 2.35. The monoisotopic (exact) mass is 269 g/mol. The number of aryl methyl sites for hydroxylation is 1. The van der Waals surface area contributed by atoms with Gasteiger partial charge in [-0.1, -0.05) is 6.07 Å². The third-order valence-corrected chi connectivity index (χ3v) is 3.24. The van der Waals surface area contributed by atoms with Gasteiger partial charge in [0.05, 0.1) is 6.20 Å². The molecule has 0 atom stereocenters. The molecule has 2 rings (SSSR count). The molecule has 0 aliphatic carbocycles. The average Bonchev–Trinajstić information content (AvgIpc) is 2.60. The molecule has 0 saturated heterocycles. The summed E-state index contributed by atoms with van der Waals surface area (Å²) in [6, 6.07) is 3.13. The number of hydrogen-bond donors (Lipinski definition) is 2. The zero-order chi connectivity index (χ0) is 11.0. The van der Waals surface area contributed by atoms with E-state index in [2.05, 4.69) is 26.1 Å². The molecule has 0 unspecified atom stereocenters. The Hall–Kier alpha value is -1.36. The van der Waals surface area contributed by atoms with Gasteiger partial charge in [0.1, 0.15) is 11.6 Å². The van der Waals surface area contributed by atoms with E-state index < -0.39 is 0 Å². The fraction of sp³-hybridized carbons (Fsp3) is 0.100. The maximum absolute atomic E-state index is 13.6. The van der Waals surface area contributed by atoms with Crippen LogP contribution in [-0.2, 0) is 0 Å². The lowest BCUT2D eigenvalue weighted by molar-refractivity contribution is 0.630. The minimum absolute atomic E-state index is 0.319. The van der Waals surface area contributed by atoms with Gasteiger partial charge >= 0.3 is 0 Å². The van der Waals surface area contributed by atoms with Crippen LogP contribution in [0.25, 0.3) is 11.1 Å². The standard InChI is InChI=1S/C10H9BrFN3/c1-5-2-3-7(12)8(9(5)11)6-4-14-15-10(6)13/h2-4H,1H3,(H3,13,14,15). The van der Waals surface area contributed by atoms with Crippen molar-refractivity contribution in [1.29, 1.82) is 0 Å². The van der Waals surface area contributed by atoms with E-state index in [1.165, 1.54) is 12.3 Å². The molecule has 2 aromatic rings. The first kappa shape index (κ1) is 10.2. The summed E-state index contributed by atoms with van der Waals surface area (Å²) in [4.78, 5) is 0. The maximum atomic E-state index is 13.6. The van der Waals surface area contributed by atoms with E-state index in [0.29, 0.717) is 21.4 Å². The summed E-state index contributed by atoms with van der Waals surface area (Å²) in [6.07, 6.45) is 1.51. The lowest BCUT2D eigenvalue weighted by Gasteiger charge is -2.07. The van der Waals surface area contributed by atoms with Gasteiger partial charge < -0.3 is 5.73 Å². The minimum Gasteiger partial charge on any atom is -0.384 e. The molecular weight excluding hydrogens is 261 g/mol. The summed E-state index contributed by atoms with van der Waals surface area (Å²) in [5.74, 6) is 0.0424. The van der Waals surface area contributed by atoms with Crippen LogP contribution in [0.15, 0.2) is 22.8 Å². The molecule has 0 amide bonds. The lowest BCUT2D eigenvalue weighted by Crippen LogP contribution is -1.92. The number of nitrogens with two attached hydrogens (primary N) is 1. The third-order valence-electron chi connectivity index (χ3n) is 2.22. The molecule has 15 heavy (non-hydrogen) atoms. The molecule has 1 aromatic carbocycles. The van der Waals surface area contributed by atoms with Crippen molar-refractivity contribution in [3.63, 3.8) is 0 Å². The molecule has 1 aromatic heterocycles. The summed E-state index contributed by atoms with van der Waals surface area (Å²) in [7, 11) is 0. The topological polar surface area (TPSA) is 54.7 Å². The molecule has 78 valence electrons. The van der Waals surface area contributed by atoms with Crippen LogP contribution in [0.1, 0.15) is 5.56 Å². The summed E-state index contributed by atoms with van der Waals surface area (Å²) < 4.78 is 14.4. The number of nitrogens with one attached hydrogen (secondary N) is 1. The molecule has 5 heteroatoms. The van der Waals surface area contributed by atoms with Crippen molar-refractivity contribution in [2.45, 2.75) is 6.92 Å². The van der Waals surface area contributed by atoms with Gasteiger partial charge in [-0.25, -0.2) is 4.39 Å². The highest BCUT2D eigenvalue weighted by molar-refractivity contribution is 9.10. The van der Waals surface area contributed by atoms with Crippen LogP contribution in [0.2, 0.25) is 0 Å². The number of aromatic nitrogens is 2. The Morgan fingerprint density at radius 1 is 1.47 bits per heavy atom. The molecular formula is C10H9BrFN3. The maximum Gasteiger partial charge on any atom is 0.132 e. The highest BCUT2D eigenvalue weighted by Gasteiger charge is 2.15. The second kappa shape index (κ2) is 3.66. The number of anilines is 1. The molecule has 1 heterocycles. The molecule has 0 radical (unpaired) electrons. The molecule has 0 bridgehead atoms. The molecule has 0 aliphatic rings.